The molecule has 1 spiro atoms. The Morgan fingerprint density at radius 1 is 1.16 bits per heavy atom. The molecule has 2 unspecified atom stereocenters. The van der Waals surface area contributed by atoms with E-state index in [1.807, 2.05) is 19.9 Å². The largest absolute Gasteiger partial charge is 0.497 e. The second kappa shape index (κ2) is 5.80. The van der Waals surface area contributed by atoms with Gasteiger partial charge < -0.3 is 14.2 Å². The third-order valence-electron chi connectivity index (χ3n) is 6.16. The molecular formula is C21H27NO3. The lowest BCUT2D eigenvalue weighted by Gasteiger charge is -2.52. The van der Waals surface area contributed by atoms with E-state index in [9.17, 15) is 0 Å². The quantitative estimate of drug-likeness (QED) is 0.824. The predicted octanol–water partition coefficient (Wildman–Crippen LogP) is 3.45. The summed E-state index contributed by atoms with van der Waals surface area (Å²) < 4.78 is 17.7. The fourth-order valence-corrected chi connectivity index (χ4v) is 5.10. The highest BCUT2D eigenvalue weighted by atomic mass is 16.6. The predicted molar refractivity (Wildman–Crippen MR) is 98.4 cm³/mol. The van der Waals surface area contributed by atoms with Gasteiger partial charge in [0.2, 0.25) is 0 Å². The summed E-state index contributed by atoms with van der Waals surface area (Å²) in [5.74, 6) is 2.68. The van der Waals surface area contributed by atoms with Crippen molar-refractivity contribution in [1.29, 1.82) is 0 Å². The van der Waals surface area contributed by atoms with E-state index in [0.29, 0.717) is 6.04 Å². The van der Waals surface area contributed by atoms with E-state index in [1.165, 1.54) is 16.7 Å². The first-order valence-electron chi connectivity index (χ1n) is 9.24. The van der Waals surface area contributed by atoms with Crippen LogP contribution in [-0.4, -0.2) is 44.9 Å². The Morgan fingerprint density at radius 2 is 1.96 bits per heavy atom. The lowest BCUT2D eigenvalue weighted by molar-refractivity contribution is 0.0734. The van der Waals surface area contributed by atoms with Crippen LogP contribution in [0.25, 0.3) is 0 Å². The summed E-state index contributed by atoms with van der Waals surface area (Å²) in [5.41, 5.74) is 4.15. The first kappa shape index (κ1) is 16.5. The molecule has 134 valence electrons. The summed E-state index contributed by atoms with van der Waals surface area (Å²) in [5, 5.41) is 0. The molecule has 0 aromatic heterocycles. The molecule has 1 aromatic carbocycles. The van der Waals surface area contributed by atoms with Crippen LogP contribution < -0.4 is 9.47 Å². The number of piperidine rings is 1. The van der Waals surface area contributed by atoms with Gasteiger partial charge in [0.25, 0.3) is 0 Å². The van der Waals surface area contributed by atoms with Crippen molar-refractivity contribution in [2.24, 2.45) is 0 Å². The van der Waals surface area contributed by atoms with Gasteiger partial charge in [0, 0.05) is 11.6 Å². The summed E-state index contributed by atoms with van der Waals surface area (Å²) in [7, 11) is 5.68. The van der Waals surface area contributed by atoms with Crippen LogP contribution in [0.15, 0.2) is 35.6 Å². The number of allylic oxidation sites excluding steroid dienone is 2. The zero-order valence-electron chi connectivity index (χ0n) is 15.8. The average molecular weight is 341 g/mol. The molecule has 3 atom stereocenters. The highest BCUT2D eigenvalue weighted by Crippen LogP contribution is 2.62. The van der Waals surface area contributed by atoms with E-state index in [1.54, 1.807) is 14.2 Å². The van der Waals surface area contributed by atoms with Crippen molar-refractivity contribution < 1.29 is 14.2 Å². The number of nitrogens with zero attached hydrogens (tertiary/aromatic N) is 1. The average Bonchev–Trinajstić information content (AvgIpc) is 3.01. The molecule has 1 aromatic rings. The monoisotopic (exact) mass is 341 g/mol. The van der Waals surface area contributed by atoms with E-state index in [4.69, 9.17) is 14.2 Å². The highest BCUT2D eigenvalue weighted by molar-refractivity contribution is 5.67. The third-order valence-corrected chi connectivity index (χ3v) is 6.16. The Labute approximate surface area is 150 Å². The maximum Gasteiger partial charge on any atom is 0.169 e. The normalized spacial score (nSPS) is 30.9. The van der Waals surface area contributed by atoms with Gasteiger partial charge in [-0.3, -0.25) is 4.90 Å². The van der Waals surface area contributed by atoms with E-state index in [2.05, 4.69) is 30.2 Å². The number of methoxy groups -OCH3 is 2. The van der Waals surface area contributed by atoms with E-state index in [0.717, 1.165) is 36.6 Å². The zero-order valence-corrected chi connectivity index (χ0v) is 15.8. The maximum atomic E-state index is 6.46. The first-order valence-corrected chi connectivity index (χ1v) is 9.24. The SMILES string of the molecule is CC.COC1=CC=C2C3Cc4ccc(OC)c5c4C2(CCN3C)[C@H]1O5. The summed E-state index contributed by atoms with van der Waals surface area (Å²) in [6.45, 7) is 5.08. The number of rotatable bonds is 2. The second-order valence-corrected chi connectivity index (χ2v) is 6.95. The van der Waals surface area contributed by atoms with Crippen molar-refractivity contribution in [1.82, 2.24) is 4.90 Å². The van der Waals surface area contributed by atoms with Crippen LogP contribution in [0, 0.1) is 0 Å². The molecule has 5 rings (SSSR count). The molecule has 4 aliphatic rings. The molecule has 0 amide bonds. The Morgan fingerprint density at radius 3 is 2.68 bits per heavy atom. The number of likely N-dealkylation sites (N-methyl/N-ethyl adjacent to an activating group) is 1. The summed E-state index contributed by atoms with van der Waals surface area (Å²) in [6.07, 6.45) is 6.41. The van der Waals surface area contributed by atoms with E-state index in [-0.39, 0.29) is 11.5 Å². The molecule has 4 heteroatoms. The number of hydrogen-bond acceptors (Lipinski definition) is 4. The van der Waals surface area contributed by atoms with Crippen molar-refractivity contribution in [3.05, 3.63) is 46.7 Å². The minimum absolute atomic E-state index is 0.0611. The molecule has 1 saturated heterocycles. The number of likely N-dealkylation sites (tertiary alicyclic amines) is 1. The van der Waals surface area contributed by atoms with Gasteiger partial charge in [-0.1, -0.05) is 26.0 Å². The summed E-state index contributed by atoms with van der Waals surface area (Å²) in [6, 6.07) is 4.72. The molecule has 1 fully saturated rings. The van der Waals surface area contributed by atoms with Gasteiger partial charge in [0.1, 0.15) is 5.76 Å². The third kappa shape index (κ3) is 1.92. The van der Waals surface area contributed by atoms with Crippen LogP contribution in [0.3, 0.4) is 0 Å². The highest BCUT2D eigenvalue weighted by Gasteiger charge is 2.61. The number of benzene rings is 1. The standard InChI is InChI=1S/C19H21NO3.C2H6/c1-20-9-8-19-12-5-7-15(22-3)18(19)23-17-14(21-2)6-4-11(16(17)19)10-13(12)20;1-2/h4-7,13,18H,8-10H2,1-3H3;1-2H3/t13?,18-,19?;/m0./s1. The van der Waals surface area contributed by atoms with Gasteiger partial charge in [-0.25, -0.2) is 0 Å². The number of ether oxygens (including phenoxy) is 3. The molecule has 0 radical (unpaired) electrons. The van der Waals surface area contributed by atoms with Crippen LogP contribution in [-0.2, 0) is 16.6 Å². The maximum absolute atomic E-state index is 6.46. The molecule has 0 saturated carbocycles. The van der Waals surface area contributed by atoms with Crippen LogP contribution in [0.1, 0.15) is 31.4 Å². The Bertz CT molecular complexity index is 767. The molecule has 0 N–H and O–H groups in total. The van der Waals surface area contributed by atoms with Crippen molar-refractivity contribution >= 4 is 0 Å². The molecule has 2 heterocycles. The fraction of sp³-hybridized carbons (Fsp3) is 0.524. The minimum Gasteiger partial charge on any atom is -0.497 e. The Balaban J connectivity index is 0.000000758. The molecule has 2 aliphatic heterocycles. The van der Waals surface area contributed by atoms with Gasteiger partial charge in [-0.2, -0.15) is 0 Å². The van der Waals surface area contributed by atoms with Gasteiger partial charge in [0.15, 0.2) is 17.6 Å². The number of hydrogen-bond donors (Lipinski definition) is 0. The van der Waals surface area contributed by atoms with Crippen LogP contribution in [0.4, 0.5) is 0 Å². The van der Waals surface area contributed by atoms with Crippen molar-refractivity contribution in [2.75, 3.05) is 27.8 Å². The smallest absolute Gasteiger partial charge is 0.169 e. The van der Waals surface area contributed by atoms with Crippen molar-refractivity contribution in [3.8, 4) is 11.5 Å². The van der Waals surface area contributed by atoms with E-state index >= 15 is 0 Å². The molecule has 2 bridgehead atoms. The lowest BCUT2D eigenvalue weighted by atomic mass is 9.57. The second-order valence-electron chi connectivity index (χ2n) is 6.95. The van der Waals surface area contributed by atoms with Gasteiger partial charge in [-0.05, 0) is 49.7 Å². The van der Waals surface area contributed by atoms with E-state index < -0.39 is 0 Å². The molecule has 2 aliphatic carbocycles. The molecular weight excluding hydrogens is 314 g/mol. The fourth-order valence-electron chi connectivity index (χ4n) is 5.10. The Kier molecular flexibility index (Phi) is 3.84. The summed E-state index contributed by atoms with van der Waals surface area (Å²) >= 11 is 0. The minimum atomic E-state index is -0.0747. The molecule has 4 nitrogen and oxygen atoms in total. The van der Waals surface area contributed by atoms with Gasteiger partial charge in [0.05, 0.1) is 19.6 Å². The van der Waals surface area contributed by atoms with Crippen molar-refractivity contribution in [2.45, 2.75) is 44.2 Å². The van der Waals surface area contributed by atoms with Gasteiger partial charge >= 0.3 is 0 Å². The molecule has 25 heavy (non-hydrogen) atoms. The van der Waals surface area contributed by atoms with Crippen molar-refractivity contribution in [3.63, 3.8) is 0 Å². The zero-order chi connectivity index (χ0) is 17.8. The van der Waals surface area contributed by atoms with Gasteiger partial charge in [-0.15, -0.1) is 0 Å². The van der Waals surface area contributed by atoms with Crippen LogP contribution >= 0.6 is 0 Å². The first-order chi connectivity index (χ1) is 12.2. The van der Waals surface area contributed by atoms with Crippen LogP contribution in [0.2, 0.25) is 0 Å². The summed E-state index contributed by atoms with van der Waals surface area (Å²) in [4.78, 5) is 2.48. The lowest BCUT2D eigenvalue weighted by Crippen LogP contribution is -2.58. The topological polar surface area (TPSA) is 30.9 Å². The van der Waals surface area contributed by atoms with Crippen LogP contribution in [0.5, 0.6) is 11.5 Å². The Hall–Kier alpha value is -1.94.